The Bertz CT molecular complexity index is 1110. The number of para-hydroxylation sites is 1. The summed E-state index contributed by atoms with van der Waals surface area (Å²) in [6, 6.07) is 15.9. The Morgan fingerprint density at radius 2 is 1.79 bits per heavy atom. The third kappa shape index (κ3) is 4.72. The van der Waals surface area contributed by atoms with Gasteiger partial charge in [0.25, 0.3) is 0 Å². The molecule has 1 aromatic heterocycles. The van der Waals surface area contributed by atoms with Crippen LogP contribution in [0.2, 0.25) is 0 Å². The van der Waals surface area contributed by atoms with Crippen molar-refractivity contribution in [1.82, 2.24) is 4.90 Å². The zero-order valence-corrected chi connectivity index (χ0v) is 21.5. The van der Waals surface area contributed by atoms with Crippen molar-refractivity contribution in [3.8, 4) is 0 Å². The van der Waals surface area contributed by atoms with Gasteiger partial charge in [-0.05, 0) is 70.0 Å². The van der Waals surface area contributed by atoms with E-state index < -0.39 is 0 Å². The third-order valence-electron chi connectivity index (χ3n) is 7.17. The molecule has 2 aromatic carbocycles. The standard InChI is InChI=1S/C18H16N2O.C9H16O2.Ir/c1-13(2)19-10-11-20(12-19)16-8-5-7-15-14-6-3-4-9-17(14)21-18(15)16;10-7-3-1-2-6-4-5-8(11)9(6)7;/h3-7,9-13H,1-2H3;6-11H,1-5H2;/q-2;;. The number of hydrogen-bond donors (Lipinski definition) is 2. The predicted molar refractivity (Wildman–Crippen MR) is 128 cm³/mol. The van der Waals surface area contributed by atoms with E-state index in [1.807, 2.05) is 30.5 Å². The Balaban J connectivity index is 0.000000183. The van der Waals surface area contributed by atoms with Gasteiger partial charge in [-0.3, -0.25) is 0 Å². The minimum Gasteiger partial charge on any atom is -0.514 e. The molecule has 4 unspecified atom stereocenters. The zero-order chi connectivity index (χ0) is 22.2. The molecule has 2 heterocycles. The molecule has 179 valence electrons. The molecule has 1 radical (unpaired) electrons. The Labute approximate surface area is 209 Å². The Kier molecular flexibility index (Phi) is 7.49. The van der Waals surface area contributed by atoms with E-state index in [0.29, 0.717) is 12.0 Å². The van der Waals surface area contributed by atoms with E-state index in [-0.39, 0.29) is 38.2 Å². The normalized spacial score (nSPS) is 26.5. The van der Waals surface area contributed by atoms with E-state index in [1.54, 1.807) is 0 Å². The average molecular weight is 625 g/mol. The predicted octanol–water partition coefficient (Wildman–Crippen LogP) is 5.42. The first-order chi connectivity index (χ1) is 15.5. The summed E-state index contributed by atoms with van der Waals surface area (Å²) < 4.78 is 6.05. The van der Waals surface area contributed by atoms with Crippen LogP contribution in [0.5, 0.6) is 0 Å². The summed E-state index contributed by atoms with van der Waals surface area (Å²) in [5, 5.41) is 21.4. The van der Waals surface area contributed by atoms with Gasteiger partial charge in [-0.25, -0.2) is 0 Å². The largest absolute Gasteiger partial charge is 0.514 e. The van der Waals surface area contributed by atoms with Crippen molar-refractivity contribution in [2.75, 3.05) is 4.90 Å². The molecule has 0 amide bonds. The number of nitrogens with zero attached hydrogens (tertiary/aromatic N) is 2. The summed E-state index contributed by atoms with van der Waals surface area (Å²) in [6.07, 6.45) is 8.99. The molecule has 0 bridgehead atoms. The fraction of sp³-hybridized carbons (Fsp3) is 0.444. The van der Waals surface area contributed by atoms with Crippen molar-refractivity contribution < 1.29 is 34.7 Å². The summed E-state index contributed by atoms with van der Waals surface area (Å²) in [4.78, 5) is 4.22. The number of furan rings is 1. The Morgan fingerprint density at radius 3 is 2.55 bits per heavy atom. The van der Waals surface area contributed by atoms with Crippen LogP contribution in [-0.2, 0) is 20.1 Å². The second-order valence-electron chi connectivity index (χ2n) is 9.51. The smallest absolute Gasteiger partial charge is 0.116 e. The molecule has 2 fully saturated rings. The van der Waals surface area contributed by atoms with E-state index in [9.17, 15) is 10.2 Å². The van der Waals surface area contributed by atoms with Crippen LogP contribution in [0, 0.1) is 24.6 Å². The van der Waals surface area contributed by atoms with Crippen LogP contribution in [-0.4, -0.2) is 33.4 Å². The summed E-state index contributed by atoms with van der Waals surface area (Å²) in [6.45, 7) is 6.40. The molecule has 3 aliphatic rings. The molecule has 2 aliphatic carbocycles. The van der Waals surface area contributed by atoms with Crippen molar-refractivity contribution in [3.63, 3.8) is 0 Å². The van der Waals surface area contributed by atoms with E-state index in [4.69, 9.17) is 4.42 Å². The molecule has 1 aliphatic heterocycles. The molecule has 4 atom stereocenters. The van der Waals surface area contributed by atoms with E-state index in [0.717, 1.165) is 53.3 Å². The Hall–Kier alpha value is -1.85. The molecule has 2 N–H and O–H groups in total. The molecule has 2 saturated carbocycles. The fourth-order valence-electron chi connectivity index (χ4n) is 5.45. The van der Waals surface area contributed by atoms with Crippen molar-refractivity contribution >= 4 is 27.6 Å². The number of aliphatic hydroxyl groups is 2. The third-order valence-corrected chi connectivity index (χ3v) is 7.17. The first-order valence-electron chi connectivity index (χ1n) is 11.8. The molecular formula is C27H32IrN2O3-2. The van der Waals surface area contributed by atoms with Crippen molar-refractivity contribution in [1.29, 1.82) is 0 Å². The fourth-order valence-corrected chi connectivity index (χ4v) is 5.45. The SMILES string of the molecule is CC(C)N1C=CN(c2[c-]ccc3c2oc2ccccc23)[CH-]1.OC1CCCC2CCC(O)C12.[Ir]. The Morgan fingerprint density at radius 1 is 1.00 bits per heavy atom. The van der Waals surface area contributed by atoms with Crippen LogP contribution in [0.3, 0.4) is 0 Å². The molecule has 0 spiro atoms. The van der Waals surface area contributed by atoms with E-state index in [1.165, 1.54) is 6.42 Å². The minimum absolute atomic E-state index is 0. The molecule has 33 heavy (non-hydrogen) atoms. The molecule has 0 saturated heterocycles. The van der Waals surface area contributed by atoms with Gasteiger partial charge in [0.15, 0.2) is 0 Å². The van der Waals surface area contributed by atoms with Gasteiger partial charge < -0.3 is 24.4 Å². The van der Waals surface area contributed by atoms with Crippen molar-refractivity contribution in [2.24, 2.45) is 11.8 Å². The minimum atomic E-state index is -0.216. The number of anilines is 1. The summed E-state index contributed by atoms with van der Waals surface area (Å²) >= 11 is 0. The number of benzene rings is 2. The average Bonchev–Trinajstić information content (AvgIpc) is 3.51. The summed E-state index contributed by atoms with van der Waals surface area (Å²) in [5.74, 6) is 0.831. The van der Waals surface area contributed by atoms with Crippen LogP contribution < -0.4 is 4.90 Å². The maximum absolute atomic E-state index is 9.59. The van der Waals surface area contributed by atoms with Crippen LogP contribution in [0.1, 0.15) is 46.0 Å². The number of hydrogen-bond acceptors (Lipinski definition) is 5. The molecule has 3 aromatic rings. The monoisotopic (exact) mass is 625 g/mol. The second kappa shape index (κ2) is 10.2. The van der Waals surface area contributed by atoms with Crippen LogP contribution in [0.15, 0.2) is 53.2 Å². The summed E-state index contributed by atoms with van der Waals surface area (Å²) in [7, 11) is 0. The van der Waals surface area contributed by atoms with Gasteiger partial charge >= 0.3 is 0 Å². The van der Waals surface area contributed by atoms with Crippen molar-refractivity contribution in [3.05, 3.63) is 61.5 Å². The molecular weight excluding hydrogens is 593 g/mol. The first kappa shape index (κ1) is 24.3. The topological polar surface area (TPSA) is 60.1 Å². The second-order valence-corrected chi connectivity index (χ2v) is 9.51. The maximum Gasteiger partial charge on any atom is 0.116 e. The molecule has 5 nitrogen and oxygen atoms in total. The summed E-state index contributed by atoms with van der Waals surface area (Å²) in [5.41, 5.74) is 2.74. The maximum atomic E-state index is 9.59. The van der Waals surface area contributed by atoms with Gasteiger partial charge in [-0.15, -0.1) is 0 Å². The van der Waals surface area contributed by atoms with Crippen LogP contribution in [0.25, 0.3) is 21.9 Å². The van der Waals surface area contributed by atoms with Crippen molar-refractivity contribution in [2.45, 2.75) is 64.2 Å². The number of aliphatic hydroxyl groups excluding tert-OH is 2. The van der Waals surface area contributed by atoms with E-state index in [2.05, 4.69) is 54.7 Å². The van der Waals surface area contributed by atoms with Gasteiger partial charge in [0.2, 0.25) is 0 Å². The van der Waals surface area contributed by atoms with Crippen LogP contribution in [0.4, 0.5) is 5.69 Å². The molecule has 6 rings (SSSR count). The van der Waals surface area contributed by atoms with E-state index >= 15 is 0 Å². The quantitative estimate of drug-likeness (QED) is 0.373. The molecule has 6 heteroatoms. The van der Waals surface area contributed by atoms with Gasteiger partial charge in [-0.1, -0.05) is 35.7 Å². The number of fused-ring (bicyclic) bond motifs is 4. The first-order valence-corrected chi connectivity index (χ1v) is 11.8. The van der Waals surface area contributed by atoms with Gasteiger partial charge in [0.05, 0.1) is 12.2 Å². The van der Waals surface area contributed by atoms with Gasteiger partial charge in [0, 0.05) is 37.0 Å². The number of rotatable bonds is 2. The van der Waals surface area contributed by atoms with Gasteiger partial charge in [-0.2, -0.15) is 24.9 Å². The van der Waals surface area contributed by atoms with Gasteiger partial charge in [0.1, 0.15) is 5.58 Å². The van der Waals surface area contributed by atoms with Crippen LogP contribution >= 0.6 is 0 Å². The zero-order valence-electron chi connectivity index (χ0n) is 19.1.